The summed E-state index contributed by atoms with van der Waals surface area (Å²) in [6.45, 7) is 5.30. The van der Waals surface area contributed by atoms with Crippen molar-refractivity contribution in [2.24, 2.45) is 0 Å². The Hall–Kier alpha value is -1.30. The lowest BCUT2D eigenvalue weighted by Gasteiger charge is -2.12. The third-order valence-electron chi connectivity index (χ3n) is 1.47. The molecule has 0 saturated heterocycles. The number of rotatable bonds is 3. The topological polar surface area (TPSA) is 52.1 Å². The minimum Gasteiger partial charge on any atom is -0.461 e. The fraction of sp³-hybridized carbons (Fsp3) is 0.500. The van der Waals surface area contributed by atoms with Gasteiger partial charge in [0.25, 0.3) is 0 Å². The SMILES string of the molecule is CC.CCOC(=O)C(F)(F)c1cnc(Cl)cn1. The number of hydrogen-bond acceptors (Lipinski definition) is 4. The molecule has 0 spiro atoms. The lowest BCUT2D eigenvalue weighted by molar-refractivity contribution is -0.173. The van der Waals surface area contributed by atoms with Crippen LogP contribution in [-0.2, 0) is 15.5 Å². The second-order valence-electron chi connectivity index (χ2n) is 2.52. The summed E-state index contributed by atoms with van der Waals surface area (Å²) in [6, 6.07) is 0. The van der Waals surface area contributed by atoms with Crippen molar-refractivity contribution >= 4 is 17.6 Å². The Morgan fingerprint density at radius 3 is 2.41 bits per heavy atom. The zero-order chi connectivity index (χ0) is 13.5. The van der Waals surface area contributed by atoms with Crippen molar-refractivity contribution in [3.05, 3.63) is 23.2 Å². The van der Waals surface area contributed by atoms with E-state index in [-0.39, 0.29) is 11.8 Å². The number of esters is 1. The van der Waals surface area contributed by atoms with E-state index in [0.717, 1.165) is 12.4 Å². The number of ether oxygens (including phenoxy) is 1. The Morgan fingerprint density at radius 1 is 1.41 bits per heavy atom. The average molecular weight is 267 g/mol. The fourth-order valence-corrected chi connectivity index (χ4v) is 0.898. The number of carbonyl (C=O) groups excluding carboxylic acids is 1. The molecule has 17 heavy (non-hydrogen) atoms. The van der Waals surface area contributed by atoms with Crippen molar-refractivity contribution in [1.82, 2.24) is 9.97 Å². The van der Waals surface area contributed by atoms with Crippen molar-refractivity contribution in [2.45, 2.75) is 26.7 Å². The highest BCUT2D eigenvalue weighted by atomic mass is 35.5. The van der Waals surface area contributed by atoms with Gasteiger partial charge in [-0.2, -0.15) is 8.78 Å². The molecule has 0 amide bonds. The summed E-state index contributed by atoms with van der Waals surface area (Å²) >= 11 is 5.37. The molecule has 0 aliphatic heterocycles. The quantitative estimate of drug-likeness (QED) is 0.790. The monoisotopic (exact) mass is 266 g/mol. The van der Waals surface area contributed by atoms with E-state index >= 15 is 0 Å². The second kappa shape index (κ2) is 7.11. The molecule has 0 atom stereocenters. The van der Waals surface area contributed by atoms with Gasteiger partial charge < -0.3 is 4.74 Å². The van der Waals surface area contributed by atoms with Crippen molar-refractivity contribution in [2.75, 3.05) is 6.61 Å². The van der Waals surface area contributed by atoms with Crippen LogP contribution in [0.25, 0.3) is 0 Å². The van der Waals surface area contributed by atoms with Crippen molar-refractivity contribution in [3.63, 3.8) is 0 Å². The molecular weight excluding hydrogens is 254 g/mol. The van der Waals surface area contributed by atoms with Crippen LogP contribution >= 0.6 is 11.6 Å². The predicted octanol–water partition coefficient (Wildman–Crippen LogP) is 2.81. The summed E-state index contributed by atoms with van der Waals surface area (Å²) in [7, 11) is 0. The lowest BCUT2D eigenvalue weighted by atomic mass is 10.2. The number of alkyl halides is 2. The van der Waals surface area contributed by atoms with Crippen molar-refractivity contribution in [1.29, 1.82) is 0 Å². The molecule has 96 valence electrons. The van der Waals surface area contributed by atoms with Gasteiger partial charge in [0.1, 0.15) is 10.8 Å². The largest absolute Gasteiger partial charge is 0.461 e. The van der Waals surface area contributed by atoms with Gasteiger partial charge in [-0.15, -0.1) is 0 Å². The summed E-state index contributed by atoms with van der Waals surface area (Å²) < 4.78 is 30.7. The average Bonchev–Trinajstić information content (AvgIpc) is 2.32. The third-order valence-corrected chi connectivity index (χ3v) is 1.67. The first-order valence-electron chi connectivity index (χ1n) is 5.01. The zero-order valence-electron chi connectivity index (χ0n) is 9.71. The number of hydrogen-bond donors (Lipinski definition) is 0. The Bertz CT molecular complexity index is 358. The van der Waals surface area contributed by atoms with E-state index in [9.17, 15) is 13.6 Å². The van der Waals surface area contributed by atoms with Crippen LogP contribution < -0.4 is 0 Å². The minimum absolute atomic E-state index is 0.0293. The van der Waals surface area contributed by atoms with E-state index < -0.39 is 17.6 Å². The zero-order valence-corrected chi connectivity index (χ0v) is 10.5. The summed E-state index contributed by atoms with van der Waals surface area (Å²) in [4.78, 5) is 17.6. The van der Waals surface area contributed by atoms with Gasteiger partial charge in [-0.05, 0) is 6.92 Å². The Kier molecular flexibility index (Phi) is 6.57. The van der Waals surface area contributed by atoms with Crippen molar-refractivity contribution in [3.8, 4) is 0 Å². The number of aromatic nitrogens is 2. The minimum atomic E-state index is -3.80. The molecule has 7 heteroatoms. The maximum absolute atomic E-state index is 13.2. The molecule has 1 aromatic heterocycles. The van der Waals surface area contributed by atoms with Crippen molar-refractivity contribution < 1.29 is 18.3 Å². The molecule has 0 aliphatic rings. The summed E-state index contributed by atoms with van der Waals surface area (Å²) in [5.74, 6) is -5.45. The van der Waals surface area contributed by atoms with Crippen LogP contribution in [0.3, 0.4) is 0 Å². The van der Waals surface area contributed by atoms with Gasteiger partial charge >= 0.3 is 11.9 Å². The molecule has 1 aromatic rings. The number of carbonyl (C=O) groups is 1. The number of nitrogens with zero attached hydrogens (tertiary/aromatic N) is 2. The number of halogens is 3. The molecule has 0 radical (unpaired) electrons. The first-order valence-corrected chi connectivity index (χ1v) is 5.39. The van der Waals surface area contributed by atoms with Gasteiger partial charge in [0.15, 0.2) is 0 Å². The lowest BCUT2D eigenvalue weighted by Crippen LogP contribution is -2.29. The van der Waals surface area contributed by atoms with E-state index in [2.05, 4.69) is 14.7 Å². The van der Waals surface area contributed by atoms with Gasteiger partial charge in [-0.25, -0.2) is 14.8 Å². The summed E-state index contributed by atoms with van der Waals surface area (Å²) in [5, 5.41) is -0.0293. The normalized spacial score (nSPS) is 10.2. The first kappa shape index (κ1) is 15.7. The molecule has 1 rings (SSSR count). The van der Waals surface area contributed by atoms with E-state index in [0.29, 0.717) is 0 Å². The molecule has 0 unspecified atom stereocenters. The maximum atomic E-state index is 13.2. The Morgan fingerprint density at radius 2 is 2.00 bits per heavy atom. The van der Waals surface area contributed by atoms with Gasteiger partial charge in [-0.1, -0.05) is 25.4 Å². The highest BCUT2D eigenvalue weighted by Gasteiger charge is 2.44. The van der Waals surface area contributed by atoms with E-state index in [4.69, 9.17) is 11.6 Å². The van der Waals surface area contributed by atoms with Crippen LogP contribution in [-0.4, -0.2) is 22.5 Å². The second-order valence-corrected chi connectivity index (χ2v) is 2.91. The van der Waals surface area contributed by atoms with Gasteiger partial charge in [-0.3, -0.25) is 0 Å². The van der Waals surface area contributed by atoms with Crippen LogP contribution in [0.5, 0.6) is 0 Å². The molecule has 0 fully saturated rings. The van der Waals surface area contributed by atoms with Crippen LogP contribution in [0.4, 0.5) is 8.78 Å². The fourth-order valence-electron chi connectivity index (χ4n) is 0.801. The first-order chi connectivity index (χ1) is 7.98. The highest BCUT2D eigenvalue weighted by molar-refractivity contribution is 6.29. The van der Waals surface area contributed by atoms with Gasteiger partial charge in [0.2, 0.25) is 0 Å². The molecular formula is C10H13ClF2N2O2. The van der Waals surface area contributed by atoms with E-state index in [1.807, 2.05) is 13.8 Å². The molecule has 0 bridgehead atoms. The maximum Gasteiger partial charge on any atom is 0.385 e. The predicted molar refractivity (Wildman–Crippen MR) is 58.9 cm³/mol. The summed E-state index contributed by atoms with van der Waals surface area (Å²) in [6.07, 6.45) is 1.67. The van der Waals surface area contributed by atoms with Crippen LogP contribution in [0, 0.1) is 0 Å². The molecule has 1 heterocycles. The molecule has 0 saturated carbocycles. The van der Waals surface area contributed by atoms with Crippen LogP contribution in [0.1, 0.15) is 26.5 Å². The van der Waals surface area contributed by atoms with Gasteiger partial charge in [0.05, 0.1) is 19.0 Å². The smallest absolute Gasteiger partial charge is 0.385 e. The molecule has 0 aliphatic carbocycles. The molecule has 0 aromatic carbocycles. The Balaban J connectivity index is 0.00000121. The van der Waals surface area contributed by atoms with Crippen LogP contribution in [0.15, 0.2) is 12.4 Å². The molecule has 4 nitrogen and oxygen atoms in total. The summed E-state index contributed by atoms with van der Waals surface area (Å²) in [5.41, 5.74) is -0.787. The Labute approximate surface area is 103 Å². The standard InChI is InChI=1S/C8H7ClF2N2O2.C2H6/c1-2-15-7(14)8(10,11)5-3-13-6(9)4-12-5;1-2/h3-4H,2H2,1H3;1-2H3. The molecule has 0 N–H and O–H groups in total. The third kappa shape index (κ3) is 4.22. The van der Waals surface area contributed by atoms with E-state index in [1.54, 1.807) is 0 Å². The van der Waals surface area contributed by atoms with Gasteiger partial charge in [0, 0.05) is 0 Å². The van der Waals surface area contributed by atoms with Crippen LogP contribution in [0.2, 0.25) is 5.15 Å². The van der Waals surface area contributed by atoms with E-state index in [1.165, 1.54) is 6.92 Å². The highest BCUT2D eigenvalue weighted by Crippen LogP contribution is 2.27.